The molecule has 1 aliphatic heterocycles. The Hall–Kier alpha value is -2.94. The van der Waals surface area contributed by atoms with Crippen molar-refractivity contribution in [1.29, 1.82) is 0 Å². The van der Waals surface area contributed by atoms with Gasteiger partial charge in [0.05, 0.1) is 13.2 Å². The molecule has 1 aromatic heterocycles. The van der Waals surface area contributed by atoms with E-state index in [1.54, 1.807) is 17.9 Å². The van der Waals surface area contributed by atoms with Crippen molar-refractivity contribution >= 4 is 6.09 Å². The molecule has 156 valence electrons. The maximum atomic E-state index is 13.8. The molecule has 1 fully saturated rings. The summed E-state index contributed by atoms with van der Waals surface area (Å²) in [6, 6.07) is 5.34. The molecule has 0 aliphatic carbocycles. The summed E-state index contributed by atoms with van der Waals surface area (Å²) in [7, 11) is 0. The highest BCUT2D eigenvalue weighted by atomic mass is 19.2. The second-order valence-corrected chi connectivity index (χ2v) is 6.80. The summed E-state index contributed by atoms with van der Waals surface area (Å²) >= 11 is 0. The van der Waals surface area contributed by atoms with Crippen LogP contribution in [0.2, 0.25) is 0 Å². The van der Waals surface area contributed by atoms with E-state index in [9.17, 15) is 23.5 Å². The molecule has 29 heavy (non-hydrogen) atoms. The van der Waals surface area contributed by atoms with E-state index in [1.165, 1.54) is 18.3 Å². The molecule has 1 amide bonds. The van der Waals surface area contributed by atoms with Crippen LogP contribution in [0.3, 0.4) is 0 Å². The van der Waals surface area contributed by atoms with Crippen LogP contribution in [-0.4, -0.2) is 58.4 Å². The van der Waals surface area contributed by atoms with Crippen LogP contribution in [0.25, 0.3) is 0 Å². The van der Waals surface area contributed by atoms with Crippen molar-refractivity contribution in [3.05, 3.63) is 63.6 Å². The van der Waals surface area contributed by atoms with Gasteiger partial charge in [-0.2, -0.15) is 0 Å². The quantitative estimate of drug-likeness (QED) is 0.822. The number of carbonyl (C=O) groups is 1. The van der Waals surface area contributed by atoms with E-state index < -0.39 is 22.9 Å². The number of rotatable bonds is 5. The van der Waals surface area contributed by atoms with Crippen LogP contribution in [0, 0.1) is 11.6 Å². The third-order valence-electron chi connectivity index (χ3n) is 4.89. The van der Waals surface area contributed by atoms with E-state index in [4.69, 9.17) is 4.74 Å². The summed E-state index contributed by atoms with van der Waals surface area (Å²) in [5.74, 6) is -2.42. The van der Waals surface area contributed by atoms with Crippen LogP contribution < -0.4 is 5.56 Å². The van der Waals surface area contributed by atoms with Crippen LogP contribution in [0.4, 0.5) is 13.6 Å². The summed E-state index contributed by atoms with van der Waals surface area (Å²) in [5.41, 5.74) is -0.207. The normalized spacial score (nSPS) is 14.8. The number of halogens is 2. The minimum Gasteiger partial charge on any atom is -0.503 e. The molecule has 1 aromatic carbocycles. The highest BCUT2D eigenvalue weighted by Gasteiger charge is 2.23. The molecule has 0 atom stereocenters. The van der Waals surface area contributed by atoms with Crippen molar-refractivity contribution in [2.75, 3.05) is 32.8 Å². The fourth-order valence-electron chi connectivity index (χ4n) is 3.25. The zero-order valence-corrected chi connectivity index (χ0v) is 16.1. The van der Waals surface area contributed by atoms with Gasteiger partial charge in [0.2, 0.25) is 0 Å². The van der Waals surface area contributed by atoms with E-state index in [2.05, 4.69) is 0 Å². The largest absolute Gasteiger partial charge is 0.503 e. The molecule has 1 N–H and O–H groups in total. The molecule has 9 heteroatoms. The molecule has 0 spiro atoms. The van der Waals surface area contributed by atoms with Crippen molar-refractivity contribution < 1.29 is 23.4 Å². The molecule has 0 unspecified atom stereocenters. The Labute approximate surface area is 166 Å². The van der Waals surface area contributed by atoms with E-state index >= 15 is 0 Å². The number of ether oxygens (including phenoxy) is 1. The van der Waals surface area contributed by atoms with Gasteiger partial charge in [-0.05, 0) is 19.1 Å². The Kier molecular flexibility index (Phi) is 6.48. The highest BCUT2D eigenvalue weighted by molar-refractivity contribution is 5.67. The Balaban J connectivity index is 1.67. The van der Waals surface area contributed by atoms with Gasteiger partial charge in [0.15, 0.2) is 17.4 Å². The van der Waals surface area contributed by atoms with Gasteiger partial charge in [-0.1, -0.05) is 12.1 Å². The summed E-state index contributed by atoms with van der Waals surface area (Å²) in [6.45, 7) is 4.38. The number of carbonyl (C=O) groups excluding carboxylic acids is 1. The van der Waals surface area contributed by atoms with Gasteiger partial charge in [0.1, 0.15) is 0 Å². The molecule has 3 rings (SSSR count). The first-order valence-electron chi connectivity index (χ1n) is 9.39. The van der Waals surface area contributed by atoms with Crippen molar-refractivity contribution in [2.45, 2.75) is 20.0 Å². The minimum absolute atomic E-state index is 0.0225. The third kappa shape index (κ3) is 4.73. The first kappa shape index (κ1) is 20.8. The van der Waals surface area contributed by atoms with Gasteiger partial charge in [-0.3, -0.25) is 9.69 Å². The lowest BCUT2D eigenvalue weighted by Crippen LogP contribution is -2.48. The number of piperazine rings is 1. The Morgan fingerprint density at radius 1 is 1.10 bits per heavy atom. The van der Waals surface area contributed by atoms with E-state index in [-0.39, 0.29) is 18.2 Å². The molecule has 1 saturated heterocycles. The monoisotopic (exact) mass is 407 g/mol. The average Bonchev–Trinajstić information content (AvgIpc) is 2.71. The second kappa shape index (κ2) is 9.04. The fraction of sp³-hybridized carbons (Fsp3) is 0.400. The molecule has 1 aliphatic rings. The number of amides is 1. The number of nitrogens with zero attached hydrogens (tertiary/aromatic N) is 3. The average molecular weight is 407 g/mol. The van der Waals surface area contributed by atoms with E-state index in [0.717, 1.165) is 10.6 Å². The first-order valence-corrected chi connectivity index (χ1v) is 9.39. The van der Waals surface area contributed by atoms with E-state index in [0.29, 0.717) is 44.9 Å². The van der Waals surface area contributed by atoms with Crippen molar-refractivity contribution in [1.82, 2.24) is 14.4 Å². The lowest BCUT2D eigenvalue weighted by molar-refractivity contribution is 0.0776. The van der Waals surface area contributed by atoms with Crippen LogP contribution in [0.15, 0.2) is 35.3 Å². The maximum Gasteiger partial charge on any atom is 0.409 e. The van der Waals surface area contributed by atoms with Gasteiger partial charge in [0, 0.05) is 50.0 Å². The summed E-state index contributed by atoms with van der Waals surface area (Å²) in [6.07, 6.45) is 1.11. The molecule has 2 heterocycles. The number of aromatic nitrogens is 1. The minimum atomic E-state index is -1.01. The van der Waals surface area contributed by atoms with Crippen LogP contribution in [0.5, 0.6) is 5.75 Å². The topological polar surface area (TPSA) is 75.0 Å². The van der Waals surface area contributed by atoms with Crippen molar-refractivity contribution in [3.8, 4) is 5.75 Å². The molecular weight excluding hydrogens is 384 g/mol. The number of hydrogen-bond acceptors (Lipinski definition) is 5. The number of hydrogen-bond donors (Lipinski definition) is 1. The maximum absolute atomic E-state index is 13.8. The summed E-state index contributed by atoms with van der Waals surface area (Å²) in [4.78, 5) is 27.8. The fourth-order valence-corrected chi connectivity index (χ4v) is 3.25. The van der Waals surface area contributed by atoms with Crippen LogP contribution >= 0.6 is 0 Å². The predicted molar refractivity (Wildman–Crippen MR) is 102 cm³/mol. The standard InChI is InChI=1S/C20H23F2N3O4/c1-2-29-20(28)24-10-8-23(9-11-24)12-15-6-7-25(19(27)18(15)26)13-14-4-3-5-16(21)17(14)22/h3-7,26H,2,8-13H2,1H3. The zero-order valence-electron chi connectivity index (χ0n) is 16.1. The van der Waals surface area contributed by atoms with Crippen molar-refractivity contribution in [3.63, 3.8) is 0 Å². The Morgan fingerprint density at radius 2 is 1.83 bits per heavy atom. The van der Waals surface area contributed by atoms with Gasteiger partial charge >= 0.3 is 6.09 Å². The number of pyridine rings is 1. The van der Waals surface area contributed by atoms with Crippen LogP contribution in [-0.2, 0) is 17.8 Å². The molecular formula is C20H23F2N3O4. The smallest absolute Gasteiger partial charge is 0.409 e. The van der Waals surface area contributed by atoms with Gasteiger partial charge < -0.3 is 19.3 Å². The van der Waals surface area contributed by atoms with Crippen molar-refractivity contribution in [2.24, 2.45) is 0 Å². The first-order chi connectivity index (χ1) is 13.9. The summed E-state index contributed by atoms with van der Waals surface area (Å²) in [5, 5.41) is 10.3. The lowest BCUT2D eigenvalue weighted by Gasteiger charge is -2.34. The highest BCUT2D eigenvalue weighted by Crippen LogP contribution is 2.17. The molecule has 7 nitrogen and oxygen atoms in total. The molecule has 0 saturated carbocycles. The van der Waals surface area contributed by atoms with Gasteiger partial charge in [0.25, 0.3) is 5.56 Å². The summed E-state index contributed by atoms with van der Waals surface area (Å²) < 4.78 is 33.3. The lowest BCUT2D eigenvalue weighted by atomic mass is 10.1. The van der Waals surface area contributed by atoms with E-state index in [1.807, 2.05) is 4.90 Å². The Morgan fingerprint density at radius 3 is 2.52 bits per heavy atom. The molecule has 0 bridgehead atoms. The predicted octanol–water partition coefficient (Wildman–Crippen LogP) is 2.15. The Bertz CT molecular complexity index is 940. The number of benzene rings is 1. The van der Waals surface area contributed by atoms with Gasteiger partial charge in [-0.15, -0.1) is 0 Å². The van der Waals surface area contributed by atoms with Gasteiger partial charge in [-0.25, -0.2) is 13.6 Å². The zero-order chi connectivity index (χ0) is 21.0. The van der Waals surface area contributed by atoms with Crippen LogP contribution in [0.1, 0.15) is 18.1 Å². The number of aromatic hydroxyl groups is 1. The second-order valence-electron chi connectivity index (χ2n) is 6.80. The molecule has 0 radical (unpaired) electrons. The SMILES string of the molecule is CCOC(=O)N1CCN(Cc2ccn(Cc3cccc(F)c3F)c(=O)c2O)CC1. The third-order valence-corrected chi connectivity index (χ3v) is 4.89. The molecule has 2 aromatic rings.